The van der Waals surface area contributed by atoms with Gasteiger partial charge < -0.3 is 14.6 Å². The SMILES string of the molecule is CC.O=C(O)C1=Cc2cc(Cl)c(OCc3ccccc3)cc2OC1C(F)(F)F. The molecule has 0 bridgehead atoms. The number of fused-ring (bicyclic) bond motifs is 1. The number of carbonyl (C=O) groups is 1. The van der Waals surface area contributed by atoms with Crippen molar-refractivity contribution in [2.75, 3.05) is 0 Å². The number of ether oxygens (including phenoxy) is 2. The zero-order valence-electron chi connectivity index (χ0n) is 15.1. The van der Waals surface area contributed by atoms with Crippen LogP contribution in [0, 0.1) is 0 Å². The lowest BCUT2D eigenvalue weighted by Gasteiger charge is -2.27. The van der Waals surface area contributed by atoms with Crippen molar-refractivity contribution in [3.05, 3.63) is 64.2 Å². The third-order valence-electron chi connectivity index (χ3n) is 3.68. The molecule has 2 aromatic rings. The van der Waals surface area contributed by atoms with Crippen molar-refractivity contribution in [1.82, 2.24) is 0 Å². The van der Waals surface area contributed by atoms with Gasteiger partial charge in [-0.05, 0) is 17.7 Å². The molecular weight excluding hydrogens is 397 g/mol. The molecule has 1 aliphatic heterocycles. The summed E-state index contributed by atoms with van der Waals surface area (Å²) in [7, 11) is 0. The van der Waals surface area contributed by atoms with E-state index < -0.39 is 23.8 Å². The molecule has 1 heterocycles. The molecule has 150 valence electrons. The molecule has 0 amide bonds. The van der Waals surface area contributed by atoms with E-state index >= 15 is 0 Å². The molecule has 3 rings (SSSR count). The summed E-state index contributed by atoms with van der Waals surface area (Å²) in [5.74, 6) is -1.72. The zero-order chi connectivity index (χ0) is 20.9. The number of rotatable bonds is 4. The maximum Gasteiger partial charge on any atom is 0.430 e. The number of carboxylic acids is 1. The molecule has 0 radical (unpaired) electrons. The Kier molecular flexibility index (Phi) is 6.96. The minimum absolute atomic E-state index is 0.134. The summed E-state index contributed by atoms with van der Waals surface area (Å²) in [5.41, 5.74) is 0.0856. The lowest BCUT2D eigenvalue weighted by molar-refractivity contribution is -0.187. The highest BCUT2D eigenvalue weighted by atomic mass is 35.5. The van der Waals surface area contributed by atoms with Crippen LogP contribution in [-0.2, 0) is 11.4 Å². The number of benzene rings is 2. The topological polar surface area (TPSA) is 55.8 Å². The van der Waals surface area contributed by atoms with Gasteiger partial charge in [-0.2, -0.15) is 13.2 Å². The van der Waals surface area contributed by atoms with Gasteiger partial charge in [0.2, 0.25) is 6.10 Å². The second-order valence-electron chi connectivity index (χ2n) is 5.54. The Morgan fingerprint density at radius 1 is 1.21 bits per heavy atom. The number of halogens is 4. The maximum absolute atomic E-state index is 13.1. The molecule has 0 fully saturated rings. The number of hydrogen-bond donors (Lipinski definition) is 1. The van der Waals surface area contributed by atoms with E-state index in [0.717, 1.165) is 11.6 Å². The molecule has 0 saturated carbocycles. The van der Waals surface area contributed by atoms with Gasteiger partial charge in [-0.15, -0.1) is 0 Å². The predicted octanol–water partition coefficient (Wildman–Crippen LogP) is 5.74. The highest BCUT2D eigenvalue weighted by Gasteiger charge is 2.48. The second kappa shape index (κ2) is 9.01. The summed E-state index contributed by atoms with van der Waals surface area (Å²) in [6.45, 7) is 4.16. The summed E-state index contributed by atoms with van der Waals surface area (Å²) < 4.78 is 49.8. The van der Waals surface area contributed by atoms with Crippen LogP contribution in [0.15, 0.2) is 48.0 Å². The molecule has 1 atom stereocenters. The Hall–Kier alpha value is -2.67. The Balaban J connectivity index is 0.00000136. The minimum atomic E-state index is -4.87. The van der Waals surface area contributed by atoms with E-state index in [1.54, 1.807) is 0 Å². The van der Waals surface area contributed by atoms with Crippen molar-refractivity contribution >= 4 is 23.6 Å². The third kappa shape index (κ3) is 4.98. The summed E-state index contributed by atoms with van der Waals surface area (Å²) >= 11 is 6.10. The van der Waals surface area contributed by atoms with Crippen LogP contribution >= 0.6 is 11.6 Å². The first-order valence-corrected chi connectivity index (χ1v) is 8.82. The minimum Gasteiger partial charge on any atom is -0.487 e. The van der Waals surface area contributed by atoms with Gasteiger partial charge in [0.05, 0.1) is 10.6 Å². The monoisotopic (exact) mass is 414 g/mol. The molecule has 4 nitrogen and oxygen atoms in total. The Labute approximate surface area is 165 Å². The molecule has 1 aliphatic rings. The molecule has 28 heavy (non-hydrogen) atoms. The van der Waals surface area contributed by atoms with Crippen LogP contribution in [-0.4, -0.2) is 23.4 Å². The average Bonchev–Trinajstić information content (AvgIpc) is 2.67. The largest absolute Gasteiger partial charge is 0.487 e. The van der Waals surface area contributed by atoms with E-state index in [1.165, 1.54) is 12.1 Å². The lowest BCUT2D eigenvalue weighted by atomic mass is 10.0. The first-order valence-electron chi connectivity index (χ1n) is 8.44. The van der Waals surface area contributed by atoms with Gasteiger partial charge in [0, 0.05) is 11.6 Å². The van der Waals surface area contributed by atoms with Crippen molar-refractivity contribution in [3.63, 3.8) is 0 Å². The van der Waals surface area contributed by atoms with Gasteiger partial charge in [0.25, 0.3) is 0 Å². The van der Waals surface area contributed by atoms with Crippen molar-refractivity contribution in [2.24, 2.45) is 0 Å². The van der Waals surface area contributed by atoms with E-state index in [9.17, 15) is 18.0 Å². The summed E-state index contributed by atoms with van der Waals surface area (Å²) in [6.07, 6.45) is -6.52. The van der Waals surface area contributed by atoms with Crippen molar-refractivity contribution in [3.8, 4) is 11.5 Å². The van der Waals surface area contributed by atoms with E-state index in [1.807, 2.05) is 44.2 Å². The second-order valence-corrected chi connectivity index (χ2v) is 5.95. The normalized spacial score (nSPS) is 15.4. The third-order valence-corrected chi connectivity index (χ3v) is 3.98. The molecule has 2 aromatic carbocycles. The average molecular weight is 415 g/mol. The van der Waals surface area contributed by atoms with Crippen LogP contribution in [0.4, 0.5) is 13.2 Å². The fourth-order valence-electron chi connectivity index (χ4n) is 2.46. The van der Waals surface area contributed by atoms with Crippen LogP contribution in [0.5, 0.6) is 11.5 Å². The molecule has 0 saturated heterocycles. The molecular formula is C20H18ClF3O4. The first-order chi connectivity index (χ1) is 13.3. The maximum atomic E-state index is 13.1. The number of alkyl halides is 3. The first kappa shape index (κ1) is 21.6. The summed E-state index contributed by atoms with van der Waals surface area (Å²) in [5, 5.41) is 9.16. The Bertz CT molecular complexity index is 864. The number of carboxylic acid groups (broad SMARTS) is 1. The van der Waals surface area contributed by atoms with E-state index in [4.69, 9.17) is 26.2 Å². The van der Waals surface area contributed by atoms with Gasteiger partial charge in [-0.3, -0.25) is 0 Å². The van der Waals surface area contributed by atoms with Crippen molar-refractivity contribution in [2.45, 2.75) is 32.7 Å². The van der Waals surface area contributed by atoms with E-state index in [2.05, 4.69) is 0 Å². The van der Waals surface area contributed by atoms with Gasteiger partial charge in [0.1, 0.15) is 18.1 Å². The molecule has 1 unspecified atom stereocenters. The summed E-state index contributed by atoms with van der Waals surface area (Å²) in [6, 6.07) is 11.7. The number of hydrogen-bond acceptors (Lipinski definition) is 3. The standard InChI is InChI=1S/C18H12ClF3O4.C2H6/c19-13-7-11-6-12(17(23)24)16(18(20,21)22)26-14(11)8-15(13)25-9-10-4-2-1-3-5-10;1-2/h1-8,16H,9H2,(H,23,24);1-2H3. The van der Waals surface area contributed by atoms with E-state index in [-0.39, 0.29) is 28.7 Å². The highest BCUT2D eigenvalue weighted by molar-refractivity contribution is 6.32. The zero-order valence-corrected chi connectivity index (χ0v) is 15.8. The smallest absolute Gasteiger partial charge is 0.430 e. The van der Waals surface area contributed by atoms with Crippen molar-refractivity contribution in [1.29, 1.82) is 0 Å². The van der Waals surface area contributed by atoms with Gasteiger partial charge in [0.15, 0.2) is 0 Å². The van der Waals surface area contributed by atoms with Gasteiger partial charge >= 0.3 is 12.1 Å². The Morgan fingerprint density at radius 3 is 2.43 bits per heavy atom. The fraction of sp³-hybridized carbons (Fsp3) is 0.250. The van der Waals surface area contributed by atoms with Crippen LogP contribution < -0.4 is 9.47 Å². The van der Waals surface area contributed by atoms with Crippen LogP contribution in [0.25, 0.3) is 6.08 Å². The predicted molar refractivity (Wildman–Crippen MR) is 99.7 cm³/mol. The molecule has 0 aliphatic carbocycles. The van der Waals surface area contributed by atoms with E-state index in [0.29, 0.717) is 0 Å². The molecule has 0 spiro atoms. The molecule has 0 aromatic heterocycles. The van der Waals surface area contributed by atoms with Crippen molar-refractivity contribution < 1.29 is 32.5 Å². The highest BCUT2D eigenvalue weighted by Crippen LogP contribution is 2.41. The van der Waals surface area contributed by atoms with Gasteiger partial charge in [-0.25, -0.2) is 4.79 Å². The quantitative estimate of drug-likeness (QED) is 0.693. The number of aliphatic carboxylic acids is 1. The van der Waals surface area contributed by atoms with Gasteiger partial charge in [-0.1, -0.05) is 55.8 Å². The van der Waals surface area contributed by atoms with Crippen LogP contribution in [0.3, 0.4) is 0 Å². The lowest BCUT2D eigenvalue weighted by Crippen LogP contribution is -2.40. The molecule has 8 heteroatoms. The Morgan fingerprint density at radius 2 is 1.86 bits per heavy atom. The van der Waals surface area contributed by atoms with Crippen LogP contribution in [0.2, 0.25) is 5.02 Å². The molecule has 1 N–H and O–H groups in total. The van der Waals surface area contributed by atoms with Crippen LogP contribution in [0.1, 0.15) is 25.0 Å². The fourth-order valence-corrected chi connectivity index (χ4v) is 2.69. The summed E-state index contributed by atoms with van der Waals surface area (Å²) in [4.78, 5) is 11.1.